The summed E-state index contributed by atoms with van der Waals surface area (Å²) in [5, 5.41) is 16.5. The summed E-state index contributed by atoms with van der Waals surface area (Å²) in [6, 6.07) is -4.84. The van der Waals surface area contributed by atoms with Gasteiger partial charge in [-0.05, 0) is 44.6 Å². The van der Waals surface area contributed by atoms with Crippen molar-refractivity contribution in [2.24, 2.45) is 28.9 Å². The van der Waals surface area contributed by atoms with Crippen molar-refractivity contribution in [3.8, 4) is 0 Å². The largest absolute Gasteiger partial charge is 0.480 e. The fourth-order valence-electron chi connectivity index (χ4n) is 3.12. The molecule has 0 fully saturated rings. The molecule has 0 spiro atoms. The molecule has 0 aromatic carbocycles. The van der Waals surface area contributed by atoms with Gasteiger partial charge >= 0.3 is 5.97 Å². The molecule has 14 nitrogen and oxygen atoms in total. The maximum absolute atomic E-state index is 13.0. The molecular weight excluding hydrogens is 462 g/mol. The molecule has 0 aromatic heterocycles. The van der Waals surface area contributed by atoms with Gasteiger partial charge in [0.2, 0.25) is 29.5 Å². The molecule has 14 heteroatoms. The van der Waals surface area contributed by atoms with Crippen LogP contribution >= 0.6 is 0 Å². The van der Waals surface area contributed by atoms with Gasteiger partial charge in [-0.3, -0.25) is 24.0 Å². The Hall–Kier alpha value is -3.26. The summed E-state index contributed by atoms with van der Waals surface area (Å²) >= 11 is 0. The quantitative estimate of drug-likeness (QED) is 0.0898. The van der Waals surface area contributed by atoms with E-state index in [4.69, 9.17) is 22.9 Å². The predicted molar refractivity (Wildman–Crippen MR) is 126 cm³/mol. The summed E-state index contributed by atoms with van der Waals surface area (Å²) in [6.45, 7) is 4.00. The third-order valence-corrected chi connectivity index (χ3v) is 4.98. The fraction of sp³-hybridized carbons (Fsp3) is 0.714. The summed E-state index contributed by atoms with van der Waals surface area (Å²) in [7, 11) is 0. The van der Waals surface area contributed by atoms with Gasteiger partial charge in [0.25, 0.3) is 0 Å². The van der Waals surface area contributed by atoms with Gasteiger partial charge in [0, 0.05) is 6.42 Å². The van der Waals surface area contributed by atoms with Crippen molar-refractivity contribution in [1.29, 1.82) is 0 Å². The highest BCUT2D eigenvalue weighted by Crippen LogP contribution is 2.09. The molecule has 0 aliphatic carbocycles. The molecule has 0 saturated heterocycles. The number of carboxylic acids is 1. The number of carboxylic acid groups (broad SMARTS) is 1. The second-order valence-corrected chi connectivity index (χ2v) is 8.72. The van der Waals surface area contributed by atoms with Gasteiger partial charge in [-0.15, -0.1) is 0 Å². The molecule has 0 heterocycles. The highest BCUT2D eigenvalue weighted by molar-refractivity contribution is 5.95. The van der Waals surface area contributed by atoms with E-state index in [0.29, 0.717) is 19.4 Å². The molecule has 0 saturated carbocycles. The van der Waals surface area contributed by atoms with Crippen molar-refractivity contribution in [2.45, 2.75) is 83.0 Å². The van der Waals surface area contributed by atoms with Crippen LogP contribution in [0.15, 0.2) is 0 Å². The van der Waals surface area contributed by atoms with Crippen LogP contribution in [0.1, 0.15) is 58.8 Å². The van der Waals surface area contributed by atoms with Gasteiger partial charge < -0.3 is 44.0 Å². The van der Waals surface area contributed by atoms with Crippen LogP contribution in [0.3, 0.4) is 0 Å². The van der Waals surface area contributed by atoms with E-state index in [9.17, 15) is 33.9 Å². The number of hydrogen-bond donors (Lipinski definition) is 8. The summed E-state index contributed by atoms with van der Waals surface area (Å²) < 4.78 is 0. The monoisotopic (exact) mass is 501 g/mol. The van der Waals surface area contributed by atoms with Gasteiger partial charge in [0.15, 0.2) is 0 Å². The Morgan fingerprint density at radius 3 is 1.80 bits per heavy atom. The van der Waals surface area contributed by atoms with Crippen molar-refractivity contribution in [1.82, 2.24) is 16.0 Å². The van der Waals surface area contributed by atoms with Crippen molar-refractivity contribution >= 4 is 35.5 Å². The second kappa shape index (κ2) is 16.4. The number of primary amides is 2. The predicted octanol–water partition coefficient (Wildman–Crippen LogP) is -2.83. The molecule has 0 aromatic rings. The second-order valence-electron chi connectivity index (χ2n) is 8.72. The third kappa shape index (κ3) is 13.9. The zero-order chi connectivity index (χ0) is 27.1. The summed E-state index contributed by atoms with van der Waals surface area (Å²) in [4.78, 5) is 71.7. The van der Waals surface area contributed by atoms with Crippen molar-refractivity contribution < 1.29 is 33.9 Å². The Morgan fingerprint density at radius 1 is 0.771 bits per heavy atom. The minimum atomic E-state index is -1.57. The van der Waals surface area contributed by atoms with E-state index in [-0.39, 0.29) is 31.6 Å². The van der Waals surface area contributed by atoms with Crippen LogP contribution in [0.5, 0.6) is 0 Å². The lowest BCUT2D eigenvalue weighted by molar-refractivity contribution is -0.143. The van der Waals surface area contributed by atoms with Crippen LogP contribution in [-0.4, -0.2) is 71.3 Å². The topological polar surface area (TPSA) is 263 Å². The Balaban J connectivity index is 5.51. The average molecular weight is 502 g/mol. The molecule has 4 atom stereocenters. The van der Waals surface area contributed by atoms with E-state index >= 15 is 0 Å². The Bertz CT molecular complexity index is 760. The van der Waals surface area contributed by atoms with Crippen LogP contribution in [0.2, 0.25) is 0 Å². The average Bonchev–Trinajstić information content (AvgIpc) is 2.74. The van der Waals surface area contributed by atoms with Crippen molar-refractivity contribution in [3.63, 3.8) is 0 Å². The van der Waals surface area contributed by atoms with E-state index in [1.54, 1.807) is 0 Å². The van der Waals surface area contributed by atoms with E-state index in [1.807, 2.05) is 13.8 Å². The maximum Gasteiger partial charge on any atom is 0.326 e. The highest BCUT2D eigenvalue weighted by Gasteiger charge is 2.31. The highest BCUT2D eigenvalue weighted by atomic mass is 16.4. The first-order valence-electron chi connectivity index (χ1n) is 11.4. The maximum atomic E-state index is 13.0. The van der Waals surface area contributed by atoms with Crippen LogP contribution in [-0.2, 0) is 28.8 Å². The normalized spacial score (nSPS) is 14.3. The molecule has 0 radical (unpaired) electrons. The Morgan fingerprint density at radius 2 is 1.31 bits per heavy atom. The number of nitrogens with two attached hydrogens (primary N) is 4. The first-order valence-corrected chi connectivity index (χ1v) is 11.4. The molecular formula is C21H39N7O7. The zero-order valence-corrected chi connectivity index (χ0v) is 20.2. The van der Waals surface area contributed by atoms with E-state index < -0.39 is 66.1 Å². The SMILES string of the molecule is CC(C)CC(NC(=O)C(N)CCC(N)=O)C(=O)NC(CCCCN)C(=O)NC(CC(N)=O)C(=O)O. The number of hydrogen-bond acceptors (Lipinski definition) is 8. The lowest BCUT2D eigenvalue weighted by atomic mass is 10.0. The molecule has 0 bridgehead atoms. The number of rotatable bonds is 18. The third-order valence-electron chi connectivity index (χ3n) is 4.98. The molecule has 200 valence electrons. The number of nitrogens with one attached hydrogen (secondary N) is 3. The van der Waals surface area contributed by atoms with Crippen LogP contribution in [0.25, 0.3) is 0 Å². The lowest BCUT2D eigenvalue weighted by Crippen LogP contribution is -2.57. The first kappa shape index (κ1) is 31.7. The number of aliphatic carboxylic acids is 1. The molecule has 35 heavy (non-hydrogen) atoms. The molecule has 0 aliphatic heterocycles. The van der Waals surface area contributed by atoms with Crippen molar-refractivity contribution in [3.05, 3.63) is 0 Å². The van der Waals surface area contributed by atoms with Crippen LogP contribution < -0.4 is 38.9 Å². The summed E-state index contributed by atoms with van der Waals surface area (Å²) in [6.07, 6.45) is 0.618. The van der Waals surface area contributed by atoms with Gasteiger partial charge in [-0.2, -0.15) is 0 Å². The minimum Gasteiger partial charge on any atom is -0.480 e. The number of carbonyl (C=O) groups is 6. The van der Waals surface area contributed by atoms with Crippen LogP contribution in [0, 0.1) is 5.92 Å². The van der Waals surface area contributed by atoms with E-state index in [1.165, 1.54) is 0 Å². The smallest absolute Gasteiger partial charge is 0.326 e. The molecule has 0 rings (SSSR count). The van der Waals surface area contributed by atoms with Crippen LogP contribution in [0.4, 0.5) is 0 Å². The van der Waals surface area contributed by atoms with Crippen molar-refractivity contribution in [2.75, 3.05) is 6.54 Å². The molecule has 5 amide bonds. The zero-order valence-electron chi connectivity index (χ0n) is 20.2. The number of amides is 5. The lowest BCUT2D eigenvalue weighted by Gasteiger charge is -2.26. The first-order chi connectivity index (χ1) is 16.3. The summed E-state index contributed by atoms with van der Waals surface area (Å²) in [5.74, 6) is -5.19. The van der Waals surface area contributed by atoms with Gasteiger partial charge in [-0.1, -0.05) is 13.8 Å². The molecule has 12 N–H and O–H groups in total. The molecule has 0 aliphatic rings. The van der Waals surface area contributed by atoms with Gasteiger partial charge in [0.1, 0.15) is 18.1 Å². The number of unbranched alkanes of at least 4 members (excludes halogenated alkanes) is 1. The fourth-order valence-corrected chi connectivity index (χ4v) is 3.12. The summed E-state index contributed by atoms with van der Waals surface area (Å²) in [5.41, 5.74) is 21.4. The Kier molecular flexibility index (Phi) is 14.9. The minimum absolute atomic E-state index is 0.00224. The van der Waals surface area contributed by atoms with E-state index in [2.05, 4.69) is 16.0 Å². The van der Waals surface area contributed by atoms with E-state index in [0.717, 1.165) is 0 Å². The Labute approximate surface area is 204 Å². The number of carbonyl (C=O) groups excluding carboxylic acids is 5. The standard InChI is InChI=1S/C21H39N7O7/c1-11(2)9-14(27-18(31)12(23)6-7-16(24)29)20(33)26-13(5-3-4-8-22)19(32)28-15(21(34)35)10-17(25)30/h11-15H,3-10,22-23H2,1-2H3,(H2,24,29)(H2,25,30)(H,26,33)(H,27,31)(H,28,32)(H,34,35). The van der Waals surface area contributed by atoms with Gasteiger partial charge in [-0.25, -0.2) is 4.79 Å². The molecule has 4 unspecified atom stereocenters. The van der Waals surface area contributed by atoms with Gasteiger partial charge in [0.05, 0.1) is 12.5 Å².